The first-order valence-electron chi connectivity index (χ1n) is 31.0. The van der Waals surface area contributed by atoms with Gasteiger partial charge in [0.15, 0.2) is 6.10 Å². The monoisotopic (exact) mass is 1090 g/mol. The Morgan fingerprint density at radius 3 is 1.00 bits per heavy atom. The summed E-state index contributed by atoms with van der Waals surface area (Å²) in [7, 11) is -4.40. The van der Waals surface area contributed by atoms with Crippen LogP contribution in [0.2, 0.25) is 0 Å². The second kappa shape index (κ2) is 61.6. The van der Waals surface area contributed by atoms with Gasteiger partial charge in [-0.25, -0.2) is 4.57 Å². The SMILES string of the molecule is CC/C=C\C/C=C\C/C=C\C/C=C\C/C=C\CCCCCCCCCCCCCCCC(=O)OC(COC(=O)CCCCCCCCCCCCC/C=C\C/C=C\C/C=C\C/C=C\C/C=C\CC)COP(=O)(O)OCCN. The van der Waals surface area contributed by atoms with E-state index in [1.54, 1.807) is 0 Å². The molecule has 440 valence electrons. The van der Waals surface area contributed by atoms with Crippen molar-refractivity contribution in [2.45, 2.75) is 264 Å². The lowest BCUT2D eigenvalue weighted by molar-refractivity contribution is -0.161. The molecule has 77 heavy (non-hydrogen) atoms. The summed E-state index contributed by atoms with van der Waals surface area (Å²) in [5, 5.41) is 0. The van der Waals surface area contributed by atoms with Gasteiger partial charge in [0.25, 0.3) is 0 Å². The van der Waals surface area contributed by atoms with E-state index >= 15 is 0 Å². The summed E-state index contributed by atoms with van der Waals surface area (Å²) < 4.78 is 33.1. The molecule has 2 unspecified atom stereocenters. The molecule has 2 atom stereocenters. The van der Waals surface area contributed by atoms with E-state index in [1.807, 2.05) is 0 Å². The van der Waals surface area contributed by atoms with Crippen molar-refractivity contribution in [1.29, 1.82) is 0 Å². The quantitative estimate of drug-likeness (QED) is 0.0264. The fourth-order valence-corrected chi connectivity index (χ4v) is 9.10. The Hall–Kier alpha value is -3.59. The third-order valence-corrected chi connectivity index (χ3v) is 13.8. The van der Waals surface area contributed by atoms with Gasteiger partial charge in [-0.3, -0.25) is 18.6 Å². The second-order valence-corrected chi connectivity index (χ2v) is 21.6. The highest BCUT2D eigenvalue weighted by Gasteiger charge is 2.26. The van der Waals surface area contributed by atoms with E-state index in [-0.39, 0.29) is 38.6 Å². The number of hydrogen-bond acceptors (Lipinski definition) is 8. The Labute approximate surface area is 472 Å². The summed E-state index contributed by atoms with van der Waals surface area (Å²) in [5.74, 6) is -0.834. The van der Waals surface area contributed by atoms with Gasteiger partial charge in [0.05, 0.1) is 13.2 Å². The number of nitrogens with two attached hydrogens (primary N) is 1. The van der Waals surface area contributed by atoms with Gasteiger partial charge >= 0.3 is 19.8 Å². The molecule has 0 aromatic carbocycles. The van der Waals surface area contributed by atoms with E-state index in [4.69, 9.17) is 24.3 Å². The first-order chi connectivity index (χ1) is 37.8. The molecule has 0 heterocycles. The Kier molecular flexibility index (Phi) is 58.7. The summed E-state index contributed by atoms with van der Waals surface area (Å²) in [6, 6.07) is 0. The third-order valence-electron chi connectivity index (χ3n) is 12.8. The molecule has 0 saturated heterocycles. The average molecular weight is 1090 g/mol. The van der Waals surface area contributed by atoms with Gasteiger partial charge in [-0.15, -0.1) is 0 Å². The van der Waals surface area contributed by atoms with E-state index in [1.165, 1.54) is 109 Å². The molecule has 0 fully saturated rings. The zero-order chi connectivity index (χ0) is 55.9. The Morgan fingerprint density at radius 2 is 0.675 bits per heavy atom. The highest BCUT2D eigenvalue weighted by molar-refractivity contribution is 7.47. The van der Waals surface area contributed by atoms with Gasteiger partial charge in [-0.2, -0.15) is 0 Å². The van der Waals surface area contributed by atoms with Crippen molar-refractivity contribution in [2.24, 2.45) is 5.73 Å². The molecule has 0 amide bonds. The fourth-order valence-electron chi connectivity index (χ4n) is 8.34. The van der Waals surface area contributed by atoms with Gasteiger partial charge in [0, 0.05) is 19.4 Å². The van der Waals surface area contributed by atoms with E-state index in [2.05, 4.69) is 135 Å². The number of esters is 2. The first-order valence-corrected chi connectivity index (χ1v) is 32.5. The number of phosphoric acid groups is 1. The molecule has 0 aromatic rings. The molecule has 3 N–H and O–H groups in total. The van der Waals surface area contributed by atoms with Crippen LogP contribution in [0.1, 0.15) is 258 Å². The molecule has 0 aliphatic rings. The minimum Gasteiger partial charge on any atom is -0.462 e. The van der Waals surface area contributed by atoms with E-state index in [0.717, 1.165) is 116 Å². The van der Waals surface area contributed by atoms with Crippen LogP contribution in [0.5, 0.6) is 0 Å². The molecule has 10 heteroatoms. The van der Waals surface area contributed by atoms with Crippen molar-refractivity contribution < 1.29 is 37.6 Å². The molecular formula is C67H114NO8P. The molecule has 0 radical (unpaired) electrons. The first kappa shape index (κ1) is 73.4. The van der Waals surface area contributed by atoms with E-state index in [9.17, 15) is 19.0 Å². The smallest absolute Gasteiger partial charge is 0.462 e. The minimum atomic E-state index is -4.40. The molecule has 9 nitrogen and oxygen atoms in total. The van der Waals surface area contributed by atoms with Gasteiger partial charge in [-0.05, 0) is 103 Å². The maximum absolute atomic E-state index is 12.7. The van der Waals surface area contributed by atoms with Crippen LogP contribution >= 0.6 is 7.82 Å². The van der Waals surface area contributed by atoms with Gasteiger partial charge < -0.3 is 20.1 Å². The van der Waals surface area contributed by atoms with Crippen LogP contribution in [0.25, 0.3) is 0 Å². The minimum absolute atomic E-state index is 0.0478. The Balaban J connectivity index is 3.97. The third kappa shape index (κ3) is 61.5. The lowest BCUT2D eigenvalue weighted by Crippen LogP contribution is -2.29. The zero-order valence-electron chi connectivity index (χ0n) is 49.2. The van der Waals surface area contributed by atoms with Crippen LogP contribution < -0.4 is 5.73 Å². The number of rotatable bonds is 57. The summed E-state index contributed by atoms with van der Waals surface area (Å²) in [6.07, 6.45) is 85.4. The number of allylic oxidation sites excluding steroid dienone is 20. The highest BCUT2D eigenvalue weighted by atomic mass is 31.2. The topological polar surface area (TPSA) is 134 Å². The van der Waals surface area contributed by atoms with Crippen LogP contribution in [-0.4, -0.2) is 49.3 Å². The molecule has 0 spiro atoms. The maximum atomic E-state index is 12.7. The van der Waals surface area contributed by atoms with Crippen LogP contribution in [-0.2, 0) is 32.7 Å². The van der Waals surface area contributed by atoms with Crippen molar-refractivity contribution in [1.82, 2.24) is 0 Å². The van der Waals surface area contributed by atoms with Gasteiger partial charge in [0.2, 0.25) is 0 Å². The van der Waals surface area contributed by atoms with Crippen LogP contribution in [0.15, 0.2) is 122 Å². The highest BCUT2D eigenvalue weighted by Crippen LogP contribution is 2.43. The van der Waals surface area contributed by atoms with Crippen LogP contribution in [0.3, 0.4) is 0 Å². The van der Waals surface area contributed by atoms with Crippen LogP contribution in [0.4, 0.5) is 0 Å². The molecule has 0 saturated carbocycles. The fraction of sp³-hybridized carbons (Fsp3) is 0.672. The molecule has 0 rings (SSSR count). The number of ether oxygens (including phenoxy) is 2. The van der Waals surface area contributed by atoms with Gasteiger partial charge in [-0.1, -0.05) is 264 Å². The van der Waals surface area contributed by atoms with Crippen molar-refractivity contribution in [3.63, 3.8) is 0 Å². The van der Waals surface area contributed by atoms with Gasteiger partial charge in [0.1, 0.15) is 6.61 Å². The van der Waals surface area contributed by atoms with Crippen molar-refractivity contribution in [2.75, 3.05) is 26.4 Å². The molecular weight excluding hydrogens is 978 g/mol. The normalized spacial score (nSPS) is 13.9. The molecule has 0 bridgehead atoms. The molecule has 0 aromatic heterocycles. The summed E-state index contributed by atoms with van der Waals surface area (Å²) in [6.45, 7) is 3.52. The number of phosphoric ester groups is 1. The summed E-state index contributed by atoms with van der Waals surface area (Å²) >= 11 is 0. The number of hydrogen-bond donors (Lipinski definition) is 2. The van der Waals surface area contributed by atoms with Crippen molar-refractivity contribution in [3.05, 3.63) is 122 Å². The molecule has 0 aliphatic carbocycles. The zero-order valence-corrected chi connectivity index (χ0v) is 50.0. The largest absolute Gasteiger partial charge is 0.472 e. The summed E-state index contributed by atoms with van der Waals surface area (Å²) in [4.78, 5) is 35.3. The maximum Gasteiger partial charge on any atom is 0.472 e. The second-order valence-electron chi connectivity index (χ2n) is 20.2. The standard InChI is InChI=1S/C67H114NO8P/c1-3-5-7-9-11-13-15-17-19-21-23-25-27-29-31-32-34-36-38-40-42-44-46-48-50-52-54-56-58-60-67(70)76-65(64-75-77(71,72)74-62-61-68)63-73-66(69)59-57-55-53-51-49-47-45-43-41-39-37-35-33-30-28-26-24-22-20-18-16-14-12-10-8-6-4-2/h5-8,11-14,17-20,23-26,29-31,33,65H,3-4,9-10,15-16,21-22,27-28,32,34-64,68H2,1-2H3,(H,71,72)/b7-5-,8-6-,13-11-,14-12-,19-17-,20-18-,25-23-,26-24-,31-29-,33-30-. The number of unbranched alkanes of at least 4 members (excludes halogenated alkanes) is 24. The Morgan fingerprint density at radius 1 is 0.390 bits per heavy atom. The Bertz CT molecular complexity index is 1670. The predicted octanol–water partition coefficient (Wildman–Crippen LogP) is 20.0. The van der Waals surface area contributed by atoms with E-state index in [0.29, 0.717) is 6.42 Å². The van der Waals surface area contributed by atoms with Crippen LogP contribution in [0, 0.1) is 0 Å². The van der Waals surface area contributed by atoms with Crippen molar-refractivity contribution >= 4 is 19.8 Å². The number of carbonyl (C=O) groups is 2. The lowest BCUT2D eigenvalue weighted by atomic mass is 10.0. The van der Waals surface area contributed by atoms with E-state index < -0.39 is 26.5 Å². The summed E-state index contributed by atoms with van der Waals surface area (Å²) in [5.41, 5.74) is 5.39. The lowest BCUT2D eigenvalue weighted by Gasteiger charge is -2.19. The van der Waals surface area contributed by atoms with Crippen molar-refractivity contribution in [3.8, 4) is 0 Å². The molecule has 0 aliphatic heterocycles. The average Bonchev–Trinajstić information content (AvgIpc) is 3.42. The number of carbonyl (C=O) groups excluding carboxylic acids is 2. The predicted molar refractivity (Wildman–Crippen MR) is 330 cm³/mol.